The summed E-state index contributed by atoms with van der Waals surface area (Å²) in [6.45, 7) is 4.82. The SMILES string of the molecule is CCCC(C)(NC(=O)NC(C)C(=O)N(C)C)C(=O)O. The molecule has 0 aromatic heterocycles. The van der Waals surface area contributed by atoms with Crippen molar-refractivity contribution in [1.82, 2.24) is 15.5 Å². The summed E-state index contributed by atoms with van der Waals surface area (Å²) in [6, 6.07) is -1.38. The van der Waals surface area contributed by atoms with Crippen LogP contribution in [0.3, 0.4) is 0 Å². The Morgan fingerprint density at radius 2 is 1.84 bits per heavy atom. The largest absolute Gasteiger partial charge is 0.480 e. The van der Waals surface area contributed by atoms with Crippen LogP contribution in [0.1, 0.15) is 33.6 Å². The number of nitrogens with one attached hydrogen (secondary N) is 2. The molecule has 0 heterocycles. The lowest BCUT2D eigenvalue weighted by molar-refractivity contribution is -0.144. The van der Waals surface area contributed by atoms with E-state index in [-0.39, 0.29) is 5.91 Å². The molecule has 0 radical (unpaired) electrons. The molecular weight excluding hydrogens is 250 g/mol. The molecule has 0 aliphatic heterocycles. The van der Waals surface area contributed by atoms with Crippen LogP contribution in [0.4, 0.5) is 4.79 Å². The third-order valence-electron chi connectivity index (χ3n) is 2.77. The third-order valence-corrected chi connectivity index (χ3v) is 2.77. The zero-order valence-electron chi connectivity index (χ0n) is 12.1. The van der Waals surface area contributed by atoms with Crippen LogP contribution < -0.4 is 10.6 Å². The second-order valence-electron chi connectivity index (χ2n) is 4.94. The molecule has 2 unspecified atom stereocenters. The summed E-state index contributed by atoms with van der Waals surface area (Å²) in [5.74, 6) is -1.36. The number of nitrogens with zero attached hydrogens (tertiary/aromatic N) is 1. The van der Waals surface area contributed by atoms with Crippen molar-refractivity contribution in [2.45, 2.75) is 45.2 Å². The van der Waals surface area contributed by atoms with E-state index in [1.165, 1.54) is 11.8 Å². The van der Waals surface area contributed by atoms with Crippen LogP contribution >= 0.6 is 0 Å². The van der Waals surface area contributed by atoms with Crippen molar-refractivity contribution in [2.24, 2.45) is 0 Å². The van der Waals surface area contributed by atoms with Crippen LogP contribution in [-0.2, 0) is 9.59 Å². The topological polar surface area (TPSA) is 98.7 Å². The van der Waals surface area contributed by atoms with Crippen LogP contribution in [-0.4, -0.2) is 53.6 Å². The molecule has 2 atom stereocenters. The van der Waals surface area contributed by atoms with E-state index >= 15 is 0 Å². The molecule has 0 aromatic carbocycles. The fourth-order valence-electron chi connectivity index (χ4n) is 1.66. The van der Waals surface area contributed by atoms with Crippen LogP contribution in [0.25, 0.3) is 0 Å². The quantitative estimate of drug-likeness (QED) is 0.652. The molecule has 0 aromatic rings. The van der Waals surface area contributed by atoms with E-state index in [2.05, 4.69) is 10.6 Å². The number of rotatable bonds is 6. The maximum absolute atomic E-state index is 11.7. The summed E-state index contributed by atoms with van der Waals surface area (Å²) >= 11 is 0. The van der Waals surface area contributed by atoms with Crippen LogP contribution in [0.2, 0.25) is 0 Å². The molecular formula is C12H23N3O4. The predicted molar refractivity (Wildman–Crippen MR) is 70.8 cm³/mol. The van der Waals surface area contributed by atoms with Gasteiger partial charge in [-0.3, -0.25) is 4.79 Å². The standard InChI is InChI=1S/C12H23N3O4/c1-6-7-12(3,10(17)18)14-11(19)13-8(2)9(16)15(4)5/h8H,6-7H2,1-5H3,(H,17,18)(H2,13,14,19). The molecule has 0 fully saturated rings. The highest BCUT2D eigenvalue weighted by Gasteiger charge is 2.34. The van der Waals surface area contributed by atoms with E-state index < -0.39 is 23.6 Å². The van der Waals surface area contributed by atoms with Gasteiger partial charge < -0.3 is 20.6 Å². The van der Waals surface area contributed by atoms with Crippen molar-refractivity contribution in [3.05, 3.63) is 0 Å². The minimum Gasteiger partial charge on any atom is -0.480 e. The molecule has 19 heavy (non-hydrogen) atoms. The third kappa shape index (κ3) is 5.15. The number of urea groups is 1. The highest BCUT2D eigenvalue weighted by atomic mass is 16.4. The smallest absolute Gasteiger partial charge is 0.329 e. The number of carboxylic acid groups (broad SMARTS) is 1. The Labute approximate surface area is 113 Å². The maximum Gasteiger partial charge on any atom is 0.329 e. The first-order valence-electron chi connectivity index (χ1n) is 6.17. The summed E-state index contributed by atoms with van der Waals surface area (Å²) in [4.78, 5) is 35.8. The Kier molecular flexibility index (Phi) is 6.31. The monoisotopic (exact) mass is 273 g/mol. The summed E-state index contributed by atoms with van der Waals surface area (Å²) in [7, 11) is 3.16. The van der Waals surface area contributed by atoms with Gasteiger partial charge in [0, 0.05) is 14.1 Å². The van der Waals surface area contributed by atoms with Gasteiger partial charge in [-0.05, 0) is 20.3 Å². The first-order valence-corrected chi connectivity index (χ1v) is 6.17. The minimum absolute atomic E-state index is 0.261. The molecule has 0 spiro atoms. The fraction of sp³-hybridized carbons (Fsp3) is 0.750. The van der Waals surface area contributed by atoms with Crippen molar-refractivity contribution in [3.63, 3.8) is 0 Å². The van der Waals surface area contributed by atoms with E-state index in [0.29, 0.717) is 12.8 Å². The number of carbonyl (C=O) groups excluding carboxylic acids is 2. The Balaban J connectivity index is 4.60. The molecule has 0 aliphatic rings. The molecule has 0 aliphatic carbocycles. The number of carbonyl (C=O) groups is 3. The normalized spacial score (nSPS) is 15.0. The Morgan fingerprint density at radius 1 is 1.32 bits per heavy atom. The van der Waals surface area contributed by atoms with Crippen molar-refractivity contribution < 1.29 is 19.5 Å². The van der Waals surface area contributed by atoms with E-state index in [1.807, 2.05) is 6.92 Å². The van der Waals surface area contributed by atoms with Gasteiger partial charge in [0.15, 0.2) is 0 Å². The summed E-state index contributed by atoms with van der Waals surface area (Å²) in [5, 5.41) is 13.9. The molecule has 3 N–H and O–H groups in total. The van der Waals surface area contributed by atoms with Crippen molar-refractivity contribution >= 4 is 17.9 Å². The molecule has 7 nitrogen and oxygen atoms in total. The van der Waals surface area contributed by atoms with Gasteiger partial charge in [-0.25, -0.2) is 9.59 Å². The number of hydrogen-bond acceptors (Lipinski definition) is 3. The molecule has 3 amide bonds. The average molecular weight is 273 g/mol. The van der Waals surface area contributed by atoms with Crippen molar-refractivity contribution in [1.29, 1.82) is 0 Å². The number of amides is 3. The Hall–Kier alpha value is -1.79. The van der Waals surface area contributed by atoms with Gasteiger partial charge in [-0.2, -0.15) is 0 Å². The molecule has 0 saturated carbocycles. The van der Waals surface area contributed by atoms with Crippen molar-refractivity contribution in [3.8, 4) is 0 Å². The number of carboxylic acids is 1. The van der Waals surface area contributed by atoms with Gasteiger partial charge in [0.1, 0.15) is 11.6 Å². The first kappa shape index (κ1) is 17.2. The number of likely N-dealkylation sites (N-methyl/N-ethyl adjacent to an activating group) is 1. The molecule has 110 valence electrons. The second-order valence-corrected chi connectivity index (χ2v) is 4.94. The zero-order chi connectivity index (χ0) is 15.2. The van der Waals surface area contributed by atoms with Gasteiger partial charge in [0.25, 0.3) is 0 Å². The summed E-state index contributed by atoms with van der Waals surface area (Å²) in [6.07, 6.45) is 0.932. The fourth-order valence-corrected chi connectivity index (χ4v) is 1.66. The summed E-state index contributed by atoms with van der Waals surface area (Å²) in [5.41, 5.74) is -1.33. The Morgan fingerprint density at radius 3 is 2.21 bits per heavy atom. The van der Waals surface area contributed by atoms with Crippen LogP contribution in [0.15, 0.2) is 0 Å². The van der Waals surface area contributed by atoms with E-state index in [4.69, 9.17) is 5.11 Å². The molecule has 0 rings (SSSR count). The number of hydrogen-bond donors (Lipinski definition) is 3. The Bertz CT molecular complexity index is 357. The highest BCUT2D eigenvalue weighted by molar-refractivity contribution is 5.89. The van der Waals surface area contributed by atoms with E-state index in [0.717, 1.165) is 0 Å². The van der Waals surface area contributed by atoms with Crippen LogP contribution in [0, 0.1) is 0 Å². The van der Waals surface area contributed by atoms with Gasteiger partial charge in [-0.1, -0.05) is 13.3 Å². The first-order chi connectivity index (χ1) is 8.64. The minimum atomic E-state index is -1.33. The van der Waals surface area contributed by atoms with E-state index in [1.54, 1.807) is 21.0 Å². The number of aliphatic carboxylic acids is 1. The van der Waals surface area contributed by atoms with Gasteiger partial charge in [-0.15, -0.1) is 0 Å². The lowest BCUT2D eigenvalue weighted by atomic mass is 9.96. The second kappa shape index (κ2) is 6.96. The van der Waals surface area contributed by atoms with E-state index in [9.17, 15) is 14.4 Å². The zero-order valence-corrected chi connectivity index (χ0v) is 12.1. The van der Waals surface area contributed by atoms with Crippen molar-refractivity contribution in [2.75, 3.05) is 14.1 Å². The predicted octanol–water partition coefficient (Wildman–Crippen LogP) is 0.406. The lowest BCUT2D eigenvalue weighted by Crippen LogP contribution is -2.57. The average Bonchev–Trinajstić information content (AvgIpc) is 2.27. The molecule has 0 bridgehead atoms. The van der Waals surface area contributed by atoms with Gasteiger partial charge >= 0.3 is 12.0 Å². The maximum atomic E-state index is 11.7. The lowest BCUT2D eigenvalue weighted by Gasteiger charge is -2.27. The van der Waals surface area contributed by atoms with Crippen LogP contribution in [0.5, 0.6) is 0 Å². The summed E-state index contributed by atoms with van der Waals surface area (Å²) < 4.78 is 0. The molecule has 0 saturated heterocycles. The van der Waals surface area contributed by atoms with Gasteiger partial charge in [0.05, 0.1) is 0 Å². The van der Waals surface area contributed by atoms with Gasteiger partial charge in [0.2, 0.25) is 5.91 Å². The highest BCUT2D eigenvalue weighted by Crippen LogP contribution is 2.12. The molecule has 7 heteroatoms.